The van der Waals surface area contributed by atoms with Crippen molar-refractivity contribution in [2.45, 2.75) is 72.0 Å². The van der Waals surface area contributed by atoms with Gasteiger partial charge in [0, 0.05) is 30.3 Å². The van der Waals surface area contributed by atoms with Gasteiger partial charge in [0.15, 0.2) is 11.5 Å². The first kappa shape index (κ1) is 26.6. The van der Waals surface area contributed by atoms with E-state index in [4.69, 9.17) is 14.5 Å². The molecule has 4 aromatic rings. The molecule has 0 saturated carbocycles. The number of ether oxygens (including phenoxy) is 2. The highest BCUT2D eigenvalue weighted by atomic mass is 16.6. The van der Waals surface area contributed by atoms with Gasteiger partial charge in [-0.15, -0.1) is 0 Å². The zero-order valence-electron chi connectivity index (χ0n) is 24.2. The summed E-state index contributed by atoms with van der Waals surface area (Å²) in [5, 5.41) is 0. The highest BCUT2D eigenvalue weighted by Gasteiger charge is 2.29. The Morgan fingerprint density at radius 3 is 2.30 bits per heavy atom. The van der Waals surface area contributed by atoms with Crippen molar-refractivity contribution in [1.29, 1.82) is 0 Å². The summed E-state index contributed by atoms with van der Waals surface area (Å²) in [6.07, 6.45) is 5.59. The molecular formula is C35H41N3O2. The quantitative estimate of drug-likeness (QED) is 0.230. The fraction of sp³-hybridized carbons (Fsp3) is 0.400. The third-order valence-corrected chi connectivity index (χ3v) is 8.58. The van der Waals surface area contributed by atoms with Crippen LogP contribution in [0.15, 0.2) is 66.7 Å². The summed E-state index contributed by atoms with van der Waals surface area (Å²) in [6.45, 7) is 10.8. The van der Waals surface area contributed by atoms with Crippen molar-refractivity contribution in [3.8, 4) is 34.1 Å². The van der Waals surface area contributed by atoms with Crippen molar-refractivity contribution < 1.29 is 9.47 Å². The molecule has 1 unspecified atom stereocenters. The highest BCUT2D eigenvalue weighted by Crippen LogP contribution is 2.40. The third kappa shape index (κ3) is 5.03. The summed E-state index contributed by atoms with van der Waals surface area (Å²) in [5.74, 6) is 2.85. The number of rotatable bonds is 8. The molecule has 5 heteroatoms. The molecule has 0 N–H and O–H groups in total. The van der Waals surface area contributed by atoms with Gasteiger partial charge in [-0.1, -0.05) is 74.9 Å². The van der Waals surface area contributed by atoms with E-state index in [0.717, 1.165) is 61.9 Å². The molecule has 0 aliphatic carbocycles. The summed E-state index contributed by atoms with van der Waals surface area (Å²) in [4.78, 5) is 8.13. The van der Waals surface area contributed by atoms with Crippen LogP contribution in [0.3, 0.4) is 0 Å². The van der Waals surface area contributed by atoms with Crippen molar-refractivity contribution in [3.05, 3.63) is 89.1 Å². The van der Waals surface area contributed by atoms with Gasteiger partial charge in [0.1, 0.15) is 19.0 Å². The van der Waals surface area contributed by atoms with Crippen LogP contribution in [-0.2, 0) is 25.9 Å². The van der Waals surface area contributed by atoms with Gasteiger partial charge in [0.25, 0.3) is 0 Å². The molecular weight excluding hydrogens is 494 g/mol. The van der Waals surface area contributed by atoms with Gasteiger partial charge in [-0.2, -0.15) is 0 Å². The molecule has 3 aromatic carbocycles. The second-order valence-corrected chi connectivity index (χ2v) is 10.9. The predicted octanol–water partition coefficient (Wildman–Crippen LogP) is 7.86. The van der Waals surface area contributed by atoms with Gasteiger partial charge in [-0.25, -0.2) is 4.98 Å². The van der Waals surface area contributed by atoms with Gasteiger partial charge >= 0.3 is 0 Å². The largest absolute Gasteiger partial charge is 0.486 e. The minimum absolute atomic E-state index is 0.339. The van der Waals surface area contributed by atoms with Gasteiger partial charge in [-0.05, 0) is 68.0 Å². The summed E-state index contributed by atoms with van der Waals surface area (Å²) in [6, 6.07) is 24.4. The smallest absolute Gasteiger partial charge is 0.161 e. The molecule has 1 fully saturated rings. The molecule has 0 bridgehead atoms. The molecule has 0 amide bonds. The van der Waals surface area contributed by atoms with Gasteiger partial charge in [0.2, 0.25) is 0 Å². The number of likely N-dealkylation sites (tertiary alicyclic amines) is 1. The van der Waals surface area contributed by atoms with E-state index in [1.54, 1.807) is 0 Å². The molecule has 5 nitrogen and oxygen atoms in total. The van der Waals surface area contributed by atoms with Crippen LogP contribution in [0, 0.1) is 0 Å². The molecule has 0 radical (unpaired) electrons. The summed E-state index contributed by atoms with van der Waals surface area (Å²) in [7, 11) is 0. The van der Waals surface area contributed by atoms with Crippen molar-refractivity contribution in [2.75, 3.05) is 19.8 Å². The molecule has 1 atom stereocenters. The van der Waals surface area contributed by atoms with Crippen LogP contribution in [0.1, 0.15) is 68.5 Å². The lowest BCUT2D eigenvalue weighted by Gasteiger charge is -2.37. The first-order valence-corrected chi connectivity index (χ1v) is 15.1. The number of hydrogen-bond donors (Lipinski definition) is 0. The van der Waals surface area contributed by atoms with Gasteiger partial charge in [0.05, 0.1) is 11.4 Å². The van der Waals surface area contributed by atoms with E-state index in [0.29, 0.717) is 19.3 Å². The predicted molar refractivity (Wildman–Crippen MR) is 162 cm³/mol. The molecule has 2 aliphatic heterocycles. The number of imidazole rings is 1. The van der Waals surface area contributed by atoms with Crippen molar-refractivity contribution in [2.24, 2.45) is 0 Å². The Kier molecular flexibility index (Phi) is 7.92. The van der Waals surface area contributed by atoms with Crippen LogP contribution in [0.4, 0.5) is 0 Å². The number of aryl methyl sites for hydroxylation is 2. The average molecular weight is 536 g/mol. The SMILES string of the molecule is CCc1cccc(CC)c1-c1nc(-c2ccccc2)c(CN2CCCCC2c2ccc3c(c2)OCCO3)n1CC. The van der Waals surface area contributed by atoms with E-state index < -0.39 is 0 Å². The number of aromatic nitrogens is 2. The van der Waals surface area contributed by atoms with Gasteiger partial charge < -0.3 is 14.0 Å². The molecule has 6 rings (SSSR count). The van der Waals surface area contributed by atoms with E-state index in [-0.39, 0.29) is 0 Å². The number of piperidine rings is 1. The maximum absolute atomic E-state index is 5.96. The molecule has 208 valence electrons. The molecule has 3 heterocycles. The maximum Gasteiger partial charge on any atom is 0.161 e. The average Bonchev–Trinajstić information content (AvgIpc) is 3.38. The second kappa shape index (κ2) is 11.9. The van der Waals surface area contributed by atoms with E-state index in [2.05, 4.69) is 97.0 Å². The normalized spacial score (nSPS) is 17.2. The lowest BCUT2D eigenvalue weighted by Crippen LogP contribution is -2.34. The summed E-state index contributed by atoms with van der Waals surface area (Å²) >= 11 is 0. The first-order valence-electron chi connectivity index (χ1n) is 15.1. The van der Waals surface area contributed by atoms with E-state index in [1.807, 2.05) is 0 Å². The number of fused-ring (bicyclic) bond motifs is 1. The Hall–Kier alpha value is -3.57. The van der Waals surface area contributed by atoms with Crippen LogP contribution >= 0.6 is 0 Å². The Morgan fingerprint density at radius 2 is 1.57 bits per heavy atom. The topological polar surface area (TPSA) is 39.5 Å². The van der Waals surface area contributed by atoms with E-state index in [9.17, 15) is 0 Å². The van der Waals surface area contributed by atoms with E-state index in [1.165, 1.54) is 46.4 Å². The van der Waals surface area contributed by atoms with Crippen molar-refractivity contribution in [3.63, 3.8) is 0 Å². The fourth-order valence-electron chi connectivity index (χ4n) is 6.55. The first-order chi connectivity index (χ1) is 19.7. The number of benzene rings is 3. The Bertz CT molecular complexity index is 1440. The van der Waals surface area contributed by atoms with Gasteiger partial charge in [-0.3, -0.25) is 4.90 Å². The zero-order valence-corrected chi connectivity index (χ0v) is 24.2. The minimum atomic E-state index is 0.339. The molecule has 1 saturated heterocycles. The fourth-order valence-corrected chi connectivity index (χ4v) is 6.55. The minimum Gasteiger partial charge on any atom is -0.486 e. The zero-order chi connectivity index (χ0) is 27.5. The van der Waals surface area contributed by atoms with Crippen molar-refractivity contribution >= 4 is 0 Å². The molecule has 1 aromatic heterocycles. The van der Waals surface area contributed by atoms with Crippen LogP contribution < -0.4 is 9.47 Å². The lowest BCUT2D eigenvalue weighted by molar-refractivity contribution is 0.135. The van der Waals surface area contributed by atoms with Crippen LogP contribution in [0.25, 0.3) is 22.6 Å². The standard InChI is InChI=1S/C35H41N3O2/c1-4-25-15-12-16-26(5-2)33(25)35-36-34(27-13-8-7-9-14-27)30(38(35)6-3)24-37-20-11-10-17-29(37)28-18-19-31-32(23-28)40-22-21-39-31/h7-9,12-16,18-19,23,29H,4-6,10-11,17,20-22,24H2,1-3H3. The molecule has 0 spiro atoms. The van der Waals surface area contributed by atoms with Crippen LogP contribution in [0.2, 0.25) is 0 Å². The third-order valence-electron chi connectivity index (χ3n) is 8.58. The van der Waals surface area contributed by atoms with Crippen molar-refractivity contribution in [1.82, 2.24) is 14.5 Å². The summed E-state index contributed by atoms with van der Waals surface area (Å²) in [5.41, 5.74) is 8.98. The Labute approximate surface area is 238 Å². The Morgan fingerprint density at radius 1 is 0.825 bits per heavy atom. The maximum atomic E-state index is 5.96. The monoisotopic (exact) mass is 535 g/mol. The molecule has 2 aliphatic rings. The number of nitrogens with zero attached hydrogens (tertiary/aromatic N) is 3. The Balaban J connectivity index is 1.45. The number of hydrogen-bond acceptors (Lipinski definition) is 4. The summed E-state index contributed by atoms with van der Waals surface area (Å²) < 4.78 is 14.3. The van der Waals surface area contributed by atoms with Crippen LogP contribution in [0.5, 0.6) is 11.5 Å². The lowest BCUT2D eigenvalue weighted by atomic mass is 9.94. The van der Waals surface area contributed by atoms with Crippen LogP contribution in [-0.4, -0.2) is 34.2 Å². The van der Waals surface area contributed by atoms with E-state index >= 15 is 0 Å². The molecule has 40 heavy (non-hydrogen) atoms. The second-order valence-electron chi connectivity index (χ2n) is 10.9. The highest BCUT2D eigenvalue weighted by molar-refractivity contribution is 5.72.